The third-order valence-electron chi connectivity index (χ3n) is 13.3. The van der Waals surface area contributed by atoms with Crippen LogP contribution in [0.25, 0.3) is 0 Å². The Balaban J connectivity index is 0.00000240. The molecular weight excluding hydrogens is 810 g/mol. The van der Waals surface area contributed by atoms with Crippen molar-refractivity contribution in [3.63, 3.8) is 0 Å². The van der Waals surface area contributed by atoms with E-state index in [1.54, 1.807) is 0 Å². The smallest absolute Gasteiger partial charge is 0.363 e. The van der Waals surface area contributed by atoms with Crippen LogP contribution >= 0.6 is 0 Å². The maximum Gasteiger partial charge on any atom is 0.363 e. The molecule has 6 fully saturated rings. The van der Waals surface area contributed by atoms with Crippen LogP contribution in [0, 0.1) is 59.2 Å². The number of morpholine rings is 2. The summed E-state index contributed by atoms with van der Waals surface area (Å²) in [6.45, 7) is 11.4. The molecule has 0 aromatic heterocycles. The molecule has 4 aliphatic carbocycles. The Bertz CT molecular complexity index is 1240. The molecule has 2 heterocycles. The summed E-state index contributed by atoms with van der Waals surface area (Å²) in [4.78, 5) is 26.6. The van der Waals surface area contributed by atoms with E-state index in [0.717, 1.165) is 77.5 Å². The van der Waals surface area contributed by atoms with Crippen LogP contribution in [0.5, 0.6) is 0 Å². The topological polar surface area (TPSA) is 71.1 Å². The molecule has 0 unspecified atom stereocenters. The van der Waals surface area contributed by atoms with Gasteiger partial charge >= 0.3 is 11.9 Å². The number of fused-ring (bicyclic) bond motifs is 5. The summed E-state index contributed by atoms with van der Waals surface area (Å²) >= 11 is 0. The first-order valence-corrected chi connectivity index (χ1v) is 17.0. The molecule has 0 aromatic carbocycles. The van der Waals surface area contributed by atoms with Gasteiger partial charge in [0.2, 0.25) is 0 Å². The molecule has 4 saturated carbocycles. The third kappa shape index (κ3) is 7.14. The minimum absolute atomic E-state index is 0. The SMILES string of the molecule is C#C[C@@]1(OC(=O)C[N+]2(C)CCOCC2)C[C@H]2[C@H]3CC[C@H]4C[C@@](C#C)(OC(=O)C[N+]5(C)CCOCC5)C[C@]4(C)[C@H]3CC[C@@]2(C)C1.[I-].[I-]. The number of carbonyl (C=O) groups excluding carboxylic acids is 2. The van der Waals surface area contributed by atoms with Crippen molar-refractivity contribution in [1.82, 2.24) is 0 Å². The van der Waals surface area contributed by atoms with E-state index in [2.05, 4.69) is 39.8 Å². The van der Waals surface area contributed by atoms with Gasteiger partial charge in [0.15, 0.2) is 24.3 Å². The van der Waals surface area contributed by atoms with Crippen molar-refractivity contribution >= 4 is 11.9 Å². The number of quaternary nitrogens is 2. The maximum absolute atomic E-state index is 13.3. The van der Waals surface area contributed by atoms with Crippen LogP contribution in [0.4, 0.5) is 0 Å². The Morgan fingerprint density at radius 2 is 1.26 bits per heavy atom. The van der Waals surface area contributed by atoms with Gasteiger partial charge in [-0.05, 0) is 60.2 Å². The van der Waals surface area contributed by atoms with Crippen molar-refractivity contribution in [3.8, 4) is 24.7 Å². The van der Waals surface area contributed by atoms with E-state index >= 15 is 0 Å². The van der Waals surface area contributed by atoms with Crippen molar-refractivity contribution in [2.24, 2.45) is 34.5 Å². The average molecular weight is 865 g/mol. The zero-order valence-corrected chi connectivity index (χ0v) is 32.6. The van der Waals surface area contributed by atoms with E-state index in [1.165, 1.54) is 0 Å². The minimum atomic E-state index is -0.846. The lowest BCUT2D eigenvalue weighted by atomic mass is 9.48. The highest BCUT2D eigenvalue weighted by Gasteiger charge is 2.66. The monoisotopic (exact) mass is 864 g/mol. The quantitative estimate of drug-likeness (QED) is 0.127. The fourth-order valence-corrected chi connectivity index (χ4v) is 10.8. The van der Waals surface area contributed by atoms with Crippen LogP contribution in [0.1, 0.15) is 65.2 Å². The molecular formula is C36H54I2N2O6. The molecule has 0 aromatic rings. The normalized spacial score (nSPS) is 41.9. The number of terminal acetylenes is 2. The second-order valence-corrected chi connectivity index (χ2v) is 16.5. The second kappa shape index (κ2) is 13.9. The Labute approximate surface area is 310 Å². The van der Waals surface area contributed by atoms with Crippen LogP contribution in [0.3, 0.4) is 0 Å². The lowest BCUT2D eigenvalue weighted by Gasteiger charge is -2.56. The highest BCUT2D eigenvalue weighted by atomic mass is 127. The van der Waals surface area contributed by atoms with Crippen molar-refractivity contribution in [1.29, 1.82) is 0 Å². The van der Waals surface area contributed by atoms with E-state index in [1.807, 2.05) is 0 Å². The molecule has 0 spiro atoms. The Hall–Kier alpha value is -0.640. The molecule has 8 nitrogen and oxygen atoms in total. The zero-order valence-electron chi connectivity index (χ0n) is 28.3. The summed E-state index contributed by atoms with van der Waals surface area (Å²) in [6, 6.07) is 0. The van der Waals surface area contributed by atoms with Gasteiger partial charge in [0.25, 0.3) is 0 Å². The van der Waals surface area contributed by atoms with Crippen molar-refractivity contribution in [2.75, 3.05) is 79.8 Å². The predicted molar refractivity (Wildman–Crippen MR) is 166 cm³/mol. The first kappa shape index (κ1) is 38.2. The Morgan fingerprint density at radius 1 is 0.761 bits per heavy atom. The number of halogens is 2. The summed E-state index contributed by atoms with van der Waals surface area (Å²) in [5.74, 6) is 7.43. The fraction of sp³-hybridized carbons (Fsp3) is 0.833. The van der Waals surface area contributed by atoms with Gasteiger partial charge in [-0.25, -0.2) is 9.59 Å². The molecule has 6 aliphatic rings. The molecule has 0 bridgehead atoms. The summed E-state index contributed by atoms with van der Waals surface area (Å²) < 4.78 is 24.9. The number of carbonyl (C=O) groups is 2. The van der Waals surface area contributed by atoms with Crippen LogP contribution in [0.15, 0.2) is 0 Å². The number of nitrogens with zero attached hydrogens (tertiary/aromatic N) is 2. The number of rotatable bonds is 6. The molecule has 10 heteroatoms. The lowest BCUT2D eigenvalue weighted by Crippen LogP contribution is -3.00. The molecule has 2 aliphatic heterocycles. The Kier molecular flexibility index (Phi) is 11.6. The van der Waals surface area contributed by atoms with Crippen molar-refractivity contribution < 1.29 is 85.5 Å². The van der Waals surface area contributed by atoms with Gasteiger partial charge in [0.05, 0.1) is 40.5 Å². The first-order valence-electron chi connectivity index (χ1n) is 17.0. The summed E-state index contributed by atoms with van der Waals surface area (Å²) in [5, 5.41) is 0. The molecule has 258 valence electrons. The van der Waals surface area contributed by atoms with E-state index < -0.39 is 11.2 Å². The highest BCUT2D eigenvalue weighted by molar-refractivity contribution is 5.72. The molecule has 0 radical (unpaired) electrons. The zero-order chi connectivity index (χ0) is 31.4. The van der Waals surface area contributed by atoms with Gasteiger partial charge in [0, 0.05) is 25.7 Å². The maximum atomic E-state index is 13.3. The lowest BCUT2D eigenvalue weighted by molar-refractivity contribution is -0.910. The number of hydrogen-bond donors (Lipinski definition) is 0. The van der Waals surface area contributed by atoms with Crippen molar-refractivity contribution in [3.05, 3.63) is 0 Å². The van der Waals surface area contributed by atoms with E-state index in [9.17, 15) is 9.59 Å². The van der Waals surface area contributed by atoms with Gasteiger partial charge in [-0.2, -0.15) is 0 Å². The van der Waals surface area contributed by atoms with Crippen LogP contribution in [-0.2, 0) is 28.5 Å². The summed E-state index contributed by atoms with van der Waals surface area (Å²) in [6.07, 6.45) is 19.7. The van der Waals surface area contributed by atoms with Crippen LogP contribution in [-0.4, -0.2) is 112 Å². The predicted octanol–water partition coefficient (Wildman–Crippen LogP) is -2.57. The minimum Gasteiger partial charge on any atom is -1.00 e. The van der Waals surface area contributed by atoms with Gasteiger partial charge in [0.1, 0.15) is 26.2 Å². The molecule has 8 atom stereocenters. The molecule has 6 rings (SSSR count). The van der Waals surface area contributed by atoms with Crippen molar-refractivity contribution in [2.45, 2.75) is 76.4 Å². The third-order valence-corrected chi connectivity index (χ3v) is 13.3. The van der Waals surface area contributed by atoms with Gasteiger partial charge in [-0.15, -0.1) is 12.8 Å². The molecule has 46 heavy (non-hydrogen) atoms. The number of ether oxygens (including phenoxy) is 4. The highest BCUT2D eigenvalue weighted by Crippen LogP contribution is 2.69. The summed E-state index contributed by atoms with van der Waals surface area (Å²) in [5.41, 5.74) is -1.65. The van der Waals surface area contributed by atoms with E-state index in [0.29, 0.717) is 72.2 Å². The number of hydrogen-bond acceptors (Lipinski definition) is 6. The standard InChI is InChI=1S/C36H54N2O6.2HI/c1-7-35(43-31(39)23-37(5)13-17-41-18-14-37)21-27-9-10-28-29(34(27,4)26-35)11-12-33(3)25-36(8-2,22-30(28)33)44-32(40)24-38(6)15-19-42-20-16-38;;/h1-2,27-30H,9-26H2,3-6H3;2*1H/q+2;;/p-2/t27-,28-,29-,30-,33-,34-,35+,36+;;/m0../s1. The Morgan fingerprint density at radius 3 is 1.76 bits per heavy atom. The number of likely N-dealkylation sites (N-methyl/N-ethyl adjacent to an activating group) is 2. The summed E-state index contributed by atoms with van der Waals surface area (Å²) in [7, 11) is 4.20. The first-order chi connectivity index (χ1) is 20.8. The largest absolute Gasteiger partial charge is 1.00 e. The van der Waals surface area contributed by atoms with Gasteiger partial charge in [-0.1, -0.05) is 25.7 Å². The number of esters is 2. The van der Waals surface area contributed by atoms with E-state index in [-0.39, 0.29) is 70.7 Å². The van der Waals surface area contributed by atoms with Crippen LogP contribution in [0.2, 0.25) is 0 Å². The molecule has 0 amide bonds. The van der Waals surface area contributed by atoms with E-state index in [4.69, 9.17) is 31.8 Å². The fourth-order valence-electron chi connectivity index (χ4n) is 10.8. The van der Waals surface area contributed by atoms with Crippen LogP contribution < -0.4 is 48.0 Å². The van der Waals surface area contributed by atoms with Gasteiger partial charge in [-0.3, -0.25) is 0 Å². The second-order valence-electron chi connectivity index (χ2n) is 16.5. The molecule has 0 N–H and O–H groups in total. The molecule has 2 saturated heterocycles. The van der Waals surface area contributed by atoms with Gasteiger partial charge < -0.3 is 75.9 Å². The average Bonchev–Trinajstić information content (AvgIpc) is 3.43.